The van der Waals surface area contributed by atoms with Crippen LogP contribution in [0.4, 0.5) is 5.69 Å². The molecule has 0 spiro atoms. The molecule has 3 N–H and O–H groups in total. The third-order valence-electron chi connectivity index (χ3n) is 4.30. The number of hydrogen-bond acceptors (Lipinski definition) is 4. The lowest BCUT2D eigenvalue weighted by atomic mass is 9.97. The highest BCUT2D eigenvalue weighted by Gasteiger charge is 2.13. The van der Waals surface area contributed by atoms with Crippen molar-refractivity contribution in [3.05, 3.63) is 96.4 Å². The summed E-state index contributed by atoms with van der Waals surface area (Å²) in [6, 6.07) is 16.4. The molecule has 0 aliphatic heterocycles. The van der Waals surface area contributed by atoms with Gasteiger partial charge in [-0.05, 0) is 36.8 Å². The van der Waals surface area contributed by atoms with Gasteiger partial charge in [-0.15, -0.1) is 0 Å². The largest absolute Gasteiger partial charge is 0.508 e. The van der Waals surface area contributed by atoms with E-state index in [9.17, 15) is 9.90 Å². The number of pyridine rings is 1. The number of hydrogen-bond donors (Lipinski definition) is 2. The summed E-state index contributed by atoms with van der Waals surface area (Å²) in [6.07, 6.45) is 1.68. The SMILES string of the molecule is C=C(O)/C(=C/C(=C)c1cc(C(C)=O)c2ccccc2n1)c1ccccc1N. The molecule has 4 nitrogen and oxygen atoms in total. The molecule has 0 radical (unpaired) electrons. The van der Waals surface area contributed by atoms with Gasteiger partial charge in [0.15, 0.2) is 5.78 Å². The zero-order valence-corrected chi connectivity index (χ0v) is 15.1. The van der Waals surface area contributed by atoms with Crippen molar-refractivity contribution in [1.82, 2.24) is 4.98 Å². The number of Topliss-reactive ketones (excluding diaryl/α,β-unsaturated/α-hetero) is 1. The second-order valence-electron chi connectivity index (χ2n) is 6.25. The van der Waals surface area contributed by atoms with Crippen LogP contribution in [0, 0.1) is 0 Å². The lowest BCUT2D eigenvalue weighted by Gasteiger charge is -2.12. The molecule has 27 heavy (non-hydrogen) atoms. The van der Waals surface area contributed by atoms with Crippen molar-refractivity contribution >= 4 is 33.5 Å². The molecule has 0 bridgehead atoms. The van der Waals surface area contributed by atoms with Crippen molar-refractivity contribution in [2.24, 2.45) is 0 Å². The molecule has 2 aromatic carbocycles. The number of carbonyl (C=O) groups is 1. The van der Waals surface area contributed by atoms with Crippen LogP contribution < -0.4 is 5.73 Å². The summed E-state index contributed by atoms with van der Waals surface area (Å²) >= 11 is 0. The van der Waals surface area contributed by atoms with Crippen LogP contribution in [-0.2, 0) is 0 Å². The second kappa shape index (κ2) is 7.30. The van der Waals surface area contributed by atoms with Gasteiger partial charge >= 0.3 is 0 Å². The number of fused-ring (bicyclic) bond motifs is 1. The van der Waals surface area contributed by atoms with Gasteiger partial charge in [-0.25, -0.2) is 4.98 Å². The van der Waals surface area contributed by atoms with Crippen molar-refractivity contribution in [1.29, 1.82) is 0 Å². The molecule has 4 heteroatoms. The topological polar surface area (TPSA) is 76.2 Å². The average Bonchev–Trinajstić information content (AvgIpc) is 2.65. The van der Waals surface area contributed by atoms with Crippen molar-refractivity contribution < 1.29 is 9.90 Å². The third kappa shape index (κ3) is 3.65. The van der Waals surface area contributed by atoms with Crippen LogP contribution in [0.25, 0.3) is 22.0 Å². The Hall–Kier alpha value is -3.66. The number of allylic oxidation sites excluding steroid dienone is 3. The molecule has 0 saturated heterocycles. The van der Waals surface area contributed by atoms with E-state index in [1.165, 1.54) is 6.92 Å². The summed E-state index contributed by atoms with van der Waals surface area (Å²) in [5.74, 6) is -0.174. The second-order valence-corrected chi connectivity index (χ2v) is 6.25. The molecule has 1 heterocycles. The van der Waals surface area contributed by atoms with Gasteiger partial charge in [0.25, 0.3) is 0 Å². The molecule has 0 aliphatic rings. The number of nitrogens with zero attached hydrogens (tertiary/aromatic N) is 1. The Kier molecular flexibility index (Phi) is 4.90. The number of carbonyl (C=O) groups excluding carboxylic acids is 1. The van der Waals surface area contributed by atoms with E-state index in [0.29, 0.717) is 39.2 Å². The first-order valence-electron chi connectivity index (χ1n) is 8.43. The molecule has 3 rings (SSSR count). The van der Waals surface area contributed by atoms with Crippen LogP contribution in [-0.4, -0.2) is 15.9 Å². The molecule has 0 aliphatic carbocycles. The molecule has 1 aromatic heterocycles. The zero-order chi connectivity index (χ0) is 19.6. The quantitative estimate of drug-likeness (QED) is 0.285. The summed E-state index contributed by atoms with van der Waals surface area (Å²) in [5.41, 5.74) is 10.0. The number of nitrogen functional groups attached to an aromatic ring is 1. The van der Waals surface area contributed by atoms with Crippen LogP contribution in [0.3, 0.4) is 0 Å². The molecular weight excluding hydrogens is 336 g/mol. The standard InChI is InChI=1S/C23H20N2O2/c1-14(12-19(15(2)26)17-8-4-6-10-21(17)24)23-13-20(16(3)27)18-9-5-7-11-22(18)25-23/h4-13,26H,1-2,24H2,3H3/b19-12-. The average molecular weight is 356 g/mol. The number of rotatable bonds is 5. The van der Waals surface area contributed by atoms with Crippen LogP contribution in [0.5, 0.6) is 0 Å². The van der Waals surface area contributed by atoms with Crippen molar-refractivity contribution in [3.8, 4) is 0 Å². The number of aliphatic hydroxyl groups is 1. The molecule has 0 atom stereocenters. The highest BCUT2D eigenvalue weighted by molar-refractivity contribution is 6.07. The monoisotopic (exact) mass is 356 g/mol. The summed E-state index contributed by atoms with van der Waals surface area (Å²) in [5, 5.41) is 10.9. The fourth-order valence-electron chi connectivity index (χ4n) is 2.94. The molecular formula is C23H20N2O2. The summed E-state index contributed by atoms with van der Waals surface area (Å²) in [7, 11) is 0. The van der Waals surface area contributed by atoms with Crippen molar-refractivity contribution in [3.63, 3.8) is 0 Å². The van der Waals surface area contributed by atoms with E-state index >= 15 is 0 Å². The minimum atomic E-state index is -0.123. The van der Waals surface area contributed by atoms with E-state index in [0.717, 1.165) is 5.39 Å². The first-order valence-corrected chi connectivity index (χ1v) is 8.43. The lowest BCUT2D eigenvalue weighted by Crippen LogP contribution is -2.00. The van der Waals surface area contributed by atoms with Gasteiger partial charge in [0.05, 0.1) is 11.2 Å². The van der Waals surface area contributed by atoms with Gasteiger partial charge in [0.1, 0.15) is 5.76 Å². The van der Waals surface area contributed by atoms with Gasteiger partial charge in [0, 0.05) is 27.8 Å². The highest BCUT2D eigenvalue weighted by atomic mass is 16.3. The summed E-state index contributed by atoms with van der Waals surface area (Å²) < 4.78 is 0. The number of benzene rings is 2. The Labute approximate surface area is 158 Å². The van der Waals surface area contributed by atoms with Crippen molar-refractivity contribution in [2.45, 2.75) is 6.92 Å². The number of ketones is 1. The third-order valence-corrected chi connectivity index (χ3v) is 4.30. The number of nitrogens with two attached hydrogens (primary N) is 1. The smallest absolute Gasteiger partial charge is 0.160 e. The Morgan fingerprint density at radius 3 is 2.41 bits per heavy atom. The van der Waals surface area contributed by atoms with Crippen LogP contribution in [0.1, 0.15) is 28.5 Å². The van der Waals surface area contributed by atoms with Crippen LogP contribution in [0.15, 0.2) is 79.6 Å². The zero-order valence-electron chi connectivity index (χ0n) is 15.1. The van der Waals surface area contributed by atoms with Gasteiger partial charge in [-0.1, -0.05) is 49.6 Å². The van der Waals surface area contributed by atoms with E-state index < -0.39 is 0 Å². The number of aromatic nitrogens is 1. The summed E-state index contributed by atoms with van der Waals surface area (Å²) in [6.45, 7) is 9.22. The van der Waals surface area contributed by atoms with Gasteiger partial charge in [0.2, 0.25) is 0 Å². The first-order chi connectivity index (χ1) is 12.9. The van der Waals surface area contributed by atoms with E-state index in [1.54, 1.807) is 24.3 Å². The van der Waals surface area contributed by atoms with E-state index in [-0.39, 0.29) is 11.5 Å². The Bertz CT molecular complexity index is 1110. The van der Waals surface area contributed by atoms with E-state index in [4.69, 9.17) is 5.73 Å². The minimum Gasteiger partial charge on any atom is -0.508 e. The van der Waals surface area contributed by atoms with Gasteiger partial charge < -0.3 is 10.8 Å². The molecule has 0 fully saturated rings. The minimum absolute atomic E-state index is 0.0503. The summed E-state index contributed by atoms with van der Waals surface area (Å²) in [4.78, 5) is 16.7. The van der Waals surface area contributed by atoms with E-state index in [2.05, 4.69) is 18.1 Å². The lowest BCUT2D eigenvalue weighted by molar-refractivity contribution is 0.101. The molecule has 3 aromatic rings. The molecule has 0 unspecified atom stereocenters. The molecule has 134 valence electrons. The maximum absolute atomic E-state index is 12.1. The predicted molar refractivity (Wildman–Crippen MR) is 111 cm³/mol. The first kappa shape index (κ1) is 18.1. The Morgan fingerprint density at radius 1 is 1.07 bits per heavy atom. The number of para-hydroxylation sites is 2. The number of anilines is 1. The fourth-order valence-corrected chi connectivity index (χ4v) is 2.94. The Morgan fingerprint density at radius 2 is 1.74 bits per heavy atom. The Balaban J connectivity index is 2.14. The predicted octanol–water partition coefficient (Wildman–Crippen LogP) is 5.19. The fraction of sp³-hybridized carbons (Fsp3) is 0.0435. The maximum atomic E-state index is 12.1. The number of aliphatic hydroxyl groups excluding tert-OH is 1. The van der Waals surface area contributed by atoms with E-state index in [1.807, 2.05) is 36.4 Å². The maximum Gasteiger partial charge on any atom is 0.160 e. The van der Waals surface area contributed by atoms with Gasteiger partial charge in [-0.2, -0.15) is 0 Å². The highest BCUT2D eigenvalue weighted by Crippen LogP contribution is 2.30. The molecule has 0 saturated carbocycles. The molecule has 0 amide bonds. The van der Waals surface area contributed by atoms with Crippen LogP contribution in [0.2, 0.25) is 0 Å². The van der Waals surface area contributed by atoms with Crippen molar-refractivity contribution in [2.75, 3.05) is 5.73 Å². The van der Waals surface area contributed by atoms with Gasteiger partial charge in [-0.3, -0.25) is 4.79 Å². The van der Waals surface area contributed by atoms with Crippen LogP contribution >= 0.6 is 0 Å². The normalized spacial score (nSPS) is 11.4.